The summed E-state index contributed by atoms with van der Waals surface area (Å²) < 4.78 is 10.6. The van der Waals surface area contributed by atoms with Gasteiger partial charge < -0.3 is 19.7 Å². The molecule has 23 heavy (non-hydrogen) atoms. The van der Waals surface area contributed by atoms with Crippen LogP contribution < -0.4 is 14.8 Å². The largest absolute Gasteiger partial charge is 0.493 e. The van der Waals surface area contributed by atoms with E-state index in [1.165, 1.54) is 19.2 Å². The lowest BCUT2D eigenvalue weighted by atomic mass is 10.1. The molecule has 8 nitrogen and oxygen atoms in total. The van der Waals surface area contributed by atoms with Gasteiger partial charge in [0.2, 0.25) is 0 Å². The smallest absolute Gasteiger partial charge is 0.286 e. The van der Waals surface area contributed by atoms with Crippen LogP contribution >= 0.6 is 0 Å². The van der Waals surface area contributed by atoms with Crippen LogP contribution in [0.5, 0.6) is 11.5 Å². The molecule has 1 heterocycles. The van der Waals surface area contributed by atoms with Gasteiger partial charge in [0.05, 0.1) is 24.7 Å². The lowest BCUT2D eigenvalue weighted by Crippen LogP contribution is -2.51. The quantitative estimate of drug-likeness (QED) is 0.651. The Morgan fingerprint density at radius 1 is 1.48 bits per heavy atom. The molecule has 1 aliphatic rings. The second-order valence-electron chi connectivity index (χ2n) is 5.32. The van der Waals surface area contributed by atoms with E-state index in [0.29, 0.717) is 32.0 Å². The number of ether oxygens (including phenoxy) is 2. The molecule has 1 fully saturated rings. The van der Waals surface area contributed by atoms with Crippen LogP contribution in [0.4, 0.5) is 5.69 Å². The maximum Gasteiger partial charge on any atom is 0.286 e. The van der Waals surface area contributed by atoms with Crippen molar-refractivity contribution in [2.24, 2.45) is 0 Å². The number of nitro benzene ring substituents is 1. The number of rotatable bonds is 5. The van der Waals surface area contributed by atoms with Crippen molar-refractivity contribution < 1.29 is 19.2 Å². The van der Waals surface area contributed by atoms with E-state index in [-0.39, 0.29) is 28.9 Å². The molecule has 1 N–H and O–H groups in total. The SMILES string of the molecule is CCOc1cc(C(=O)N2CCNC(C)C2)c([N+](=O)[O-])cc1OC. The molecular weight excluding hydrogens is 302 g/mol. The number of nitrogens with zero attached hydrogens (tertiary/aromatic N) is 2. The first-order chi connectivity index (χ1) is 11.0. The molecule has 0 aliphatic carbocycles. The predicted octanol–water partition coefficient (Wildman–Crippen LogP) is 1.44. The molecule has 126 valence electrons. The summed E-state index contributed by atoms with van der Waals surface area (Å²) in [4.78, 5) is 25.1. The van der Waals surface area contributed by atoms with Crippen molar-refractivity contribution in [2.75, 3.05) is 33.4 Å². The summed E-state index contributed by atoms with van der Waals surface area (Å²) in [6.07, 6.45) is 0. The second-order valence-corrected chi connectivity index (χ2v) is 5.32. The van der Waals surface area contributed by atoms with Crippen molar-refractivity contribution in [3.05, 3.63) is 27.8 Å². The fraction of sp³-hybridized carbons (Fsp3) is 0.533. The molecule has 1 amide bonds. The fourth-order valence-corrected chi connectivity index (χ4v) is 2.59. The van der Waals surface area contributed by atoms with Gasteiger partial charge in [0.15, 0.2) is 11.5 Å². The van der Waals surface area contributed by atoms with Crippen LogP contribution in [0.25, 0.3) is 0 Å². The zero-order valence-corrected chi connectivity index (χ0v) is 13.5. The van der Waals surface area contributed by atoms with Crippen LogP contribution in [-0.2, 0) is 0 Å². The van der Waals surface area contributed by atoms with Crippen LogP contribution in [0.15, 0.2) is 12.1 Å². The van der Waals surface area contributed by atoms with E-state index in [1.54, 1.807) is 11.8 Å². The number of carbonyl (C=O) groups is 1. The Morgan fingerprint density at radius 3 is 2.78 bits per heavy atom. The zero-order valence-electron chi connectivity index (χ0n) is 13.5. The number of carbonyl (C=O) groups excluding carboxylic acids is 1. The average Bonchev–Trinajstić information content (AvgIpc) is 2.53. The molecule has 0 spiro atoms. The molecule has 0 saturated carbocycles. The Bertz CT molecular complexity index is 605. The Kier molecular flexibility index (Phi) is 5.38. The molecule has 1 aromatic carbocycles. The Labute approximate surface area is 134 Å². The first-order valence-corrected chi connectivity index (χ1v) is 7.49. The third-order valence-corrected chi connectivity index (χ3v) is 3.66. The summed E-state index contributed by atoms with van der Waals surface area (Å²) in [6, 6.07) is 2.79. The molecule has 1 aliphatic heterocycles. The number of amides is 1. The standard InChI is InChI=1S/C15H21N3O5/c1-4-23-14-7-11(12(18(20)21)8-13(14)22-3)15(19)17-6-5-16-10(2)9-17/h7-8,10,16H,4-6,9H2,1-3H3. The lowest BCUT2D eigenvalue weighted by molar-refractivity contribution is -0.385. The maximum absolute atomic E-state index is 12.7. The summed E-state index contributed by atoms with van der Waals surface area (Å²) in [6.45, 7) is 5.80. The van der Waals surface area contributed by atoms with Gasteiger partial charge in [0, 0.05) is 31.7 Å². The van der Waals surface area contributed by atoms with Gasteiger partial charge in [-0.25, -0.2) is 0 Å². The first-order valence-electron chi connectivity index (χ1n) is 7.49. The molecule has 1 unspecified atom stereocenters. The maximum atomic E-state index is 12.7. The van der Waals surface area contributed by atoms with Gasteiger partial charge in [0.1, 0.15) is 5.56 Å². The van der Waals surface area contributed by atoms with Gasteiger partial charge in [-0.3, -0.25) is 14.9 Å². The predicted molar refractivity (Wildman–Crippen MR) is 84.2 cm³/mol. The summed E-state index contributed by atoms with van der Waals surface area (Å²) in [5.41, 5.74) is -0.255. The summed E-state index contributed by atoms with van der Waals surface area (Å²) in [5, 5.41) is 14.6. The highest BCUT2D eigenvalue weighted by molar-refractivity contribution is 5.99. The summed E-state index contributed by atoms with van der Waals surface area (Å²) >= 11 is 0. The normalized spacial score (nSPS) is 17.7. The molecule has 0 radical (unpaired) electrons. The van der Waals surface area contributed by atoms with Crippen molar-refractivity contribution in [1.29, 1.82) is 0 Å². The van der Waals surface area contributed by atoms with Crippen molar-refractivity contribution in [2.45, 2.75) is 19.9 Å². The minimum Gasteiger partial charge on any atom is -0.493 e. The summed E-state index contributed by atoms with van der Waals surface area (Å²) in [7, 11) is 1.40. The second kappa shape index (κ2) is 7.28. The number of benzene rings is 1. The third kappa shape index (κ3) is 3.70. The number of piperazine rings is 1. The van der Waals surface area contributed by atoms with Crippen LogP contribution in [-0.4, -0.2) is 55.1 Å². The van der Waals surface area contributed by atoms with E-state index in [4.69, 9.17) is 9.47 Å². The third-order valence-electron chi connectivity index (χ3n) is 3.66. The van der Waals surface area contributed by atoms with Gasteiger partial charge in [-0.2, -0.15) is 0 Å². The first kappa shape index (κ1) is 17.0. The number of nitro groups is 1. The molecule has 0 aromatic heterocycles. The van der Waals surface area contributed by atoms with Crippen molar-refractivity contribution in [3.63, 3.8) is 0 Å². The van der Waals surface area contributed by atoms with E-state index in [0.717, 1.165) is 0 Å². The highest BCUT2D eigenvalue weighted by atomic mass is 16.6. The van der Waals surface area contributed by atoms with Crippen molar-refractivity contribution in [3.8, 4) is 11.5 Å². The highest BCUT2D eigenvalue weighted by Gasteiger charge is 2.29. The van der Waals surface area contributed by atoms with Gasteiger partial charge in [-0.05, 0) is 13.8 Å². The minimum absolute atomic E-state index is 0.0216. The van der Waals surface area contributed by atoms with E-state index < -0.39 is 4.92 Å². The van der Waals surface area contributed by atoms with Crippen molar-refractivity contribution in [1.82, 2.24) is 10.2 Å². The molecule has 1 aromatic rings. The van der Waals surface area contributed by atoms with E-state index in [9.17, 15) is 14.9 Å². The molecule has 0 bridgehead atoms. The molecule has 1 atom stereocenters. The van der Waals surface area contributed by atoms with Gasteiger partial charge in [-0.15, -0.1) is 0 Å². The Morgan fingerprint density at radius 2 is 2.22 bits per heavy atom. The number of hydrogen-bond donors (Lipinski definition) is 1. The van der Waals surface area contributed by atoms with E-state index in [1.807, 2.05) is 6.92 Å². The van der Waals surface area contributed by atoms with Gasteiger partial charge in [0.25, 0.3) is 11.6 Å². The number of hydrogen-bond acceptors (Lipinski definition) is 6. The topological polar surface area (TPSA) is 93.9 Å². The monoisotopic (exact) mass is 323 g/mol. The van der Waals surface area contributed by atoms with Gasteiger partial charge >= 0.3 is 0 Å². The van der Waals surface area contributed by atoms with Crippen LogP contribution in [0.1, 0.15) is 24.2 Å². The average molecular weight is 323 g/mol. The molecule has 1 saturated heterocycles. The molecule has 8 heteroatoms. The van der Waals surface area contributed by atoms with Crippen LogP contribution in [0.2, 0.25) is 0 Å². The van der Waals surface area contributed by atoms with E-state index >= 15 is 0 Å². The van der Waals surface area contributed by atoms with Crippen molar-refractivity contribution >= 4 is 11.6 Å². The minimum atomic E-state index is -0.572. The summed E-state index contributed by atoms with van der Waals surface area (Å²) in [5.74, 6) is 0.199. The van der Waals surface area contributed by atoms with Gasteiger partial charge in [-0.1, -0.05) is 0 Å². The van der Waals surface area contributed by atoms with Crippen LogP contribution in [0.3, 0.4) is 0 Å². The highest BCUT2D eigenvalue weighted by Crippen LogP contribution is 2.35. The Balaban J connectivity index is 2.43. The fourth-order valence-electron chi connectivity index (χ4n) is 2.59. The molecular formula is C15H21N3O5. The zero-order chi connectivity index (χ0) is 17.0. The molecule has 2 rings (SSSR count). The number of methoxy groups -OCH3 is 1. The Hall–Kier alpha value is -2.35. The number of nitrogens with one attached hydrogen (secondary N) is 1. The lowest BCUT2D eigenvalue weighted by Gasteiger charge is -2.31. The van der Waals surface area contributed by atoms with Crippen LogP contribution in [0, 0.1) is 10.1 Å². The van der Waals surface area contributed by atoms with E-state index in [2.05, 4.69) is 5.32 Å².